The van der Waals surface area contributed by atoms with E-state index in [1.54, 1.807) is 0 Å². The van der Waals surface area contributed by atoms with Crippen molar-refractivity contribution in [1.29, 1.82) is 0 Å². The lowest BCUT2D eigenvalue weighted by Crippen LogP contribution is -2.39. The van der Waals surface area contributed by atoms with Gasteiger partial charge in [-0.2, -0.15) is 0 Å². The average molecular weight is 332 g/mol. The van der Waals surface area contributed by atoms with E-state index in [9.17, 15) is 4.79 Å². The van der Waals surface area contributed by atoms with Crippen molar-refractivity contribution in [1.82, 2.24) is 19.4 Å². The number of amides is 1. The molecule has 2 aromatic heterocycles. The summed E-state index contributed by atoms with van der Waals surface area (Å²) in [5, 5.41) is 2.29. The molecule has 3 heterocycles. The molecule has 1 aliphatic heterocycles. The Kier molecular flexibility index (Phi) is 3.02. The molecule has 2 aliphatic rings. The molecule has 0 N–H and O–H groups in total. The van der Waals surface area contributed by atoms with Gasteiger partial charge in [0, 0.05) is 36.3 Å². The predicted molar refractivity (Wildman–Crippen MR) is 96.1 cm³/mol. The average Bonchev–Trinajstić information content (AvgIpc) is 3.41. The molecule has 126 valence electrons. The first kappa shape index (κ1) is 14.6. The van der Waals surface area contributed by atoms with Gasteiger partial charge in [0.1, 0.15) is 11.9 Å². The first-order valence-corrected chi connectivity index (χ1v) is 8.83. The van der Waals surface area contributed by atoms with E-state index < -0.39 is 0 Å². The number of nitrogens with zero attached hydrogens (tertiary/aromatic N) is 4. The van der Waals surface area contributed by atoms with Crippen molar-refractivity contribution in [2.75, 3.05) is 7.05 Å². The van der Waals surface area contributed by atoms with Crippen molar-refractivity contribution in [3.63, 3.8) is 0 Å². The van der Waals surface area contributed by atoms with Crippen LogP contribution in [-0.4, -0.2) is 32.4 Å². The van der Waals surface area contributed by atoms with Crippen LogP contribution in [0.15, 0.2) is 36.7 Å². The molecule has 1 aliphatic carbocycles. The fourth-order valence-electron chi connectivity index (χ4n) is 3.89. The molecule has 0 bridgehead atoms. The standard InChI is InChI=1S/C20H20N4O/c1-12-20(25)23(2)11-17-18(22-19(24(12)17)14-4-5-14)15-6-3-13-7-8-21-10-16(13)9-15/h3,6-10,12,14H,4-5,11H2,1-2H3. The van der Waals surface area contributed by atoms with Gasteiger partial charge < -0.3 is 9.47 Å². The summed E-state index contributed by atoms with van der Waals surface area (Å²) < 4.78 is 2.20. The maximum atomic E-state index is 12.5. The van der Waals surface area contributed by atoms with E-state index >= 15 is 0 Å². The van der Waals surface area contributed by atoms with Gasteiger partial charge in [0.05, 0.1) is 17.9 Å². The van der Waals surface area contributed by atoms with Crippen LogP contribution in [0.3, 0.4) is 0 Å². The smallest absolute Gasteiger partial charge is 0.245 e. The van der Waals surface area contributed by atoms with Crippen LogP contribution in [-0.2, 0) is 11.3 Å². The van der Waals surface area contributed by atoms with E-state index in [1.807, 2.05) is 37.3 Å². The fourth-order valence-corrected chi connectivity index (χ4v) is 3.89. The first-order chi connectivity index (χ1) is 12.1. The van der Waals surface area contributed by atoms with Crippen LogP contribution >= 0.6 is 0 Å². The third kappa shape index (κ3) is 2.18. The summed E-state index contributed by atoms with van der Waals surface area (Å²) in [7, 11) is 1.88. The summed E-state index contributed by atoms with van der Waals surface area (Å²) >= 11 is 0. The number of aromatic nitrogens is 3. The van der Waals surface area contributed by atoms with Gasteiger partial charge in [0.15, 0.2) is 0 Å². The Balaban J connectivity index is 1.72. The molecule has 0 spiro atoms. The minimum Gasteiger partial charge on any atom is -0.338 e. The number of hydrogen-bond donors (Lipinski definition) is 0. The second-order valence-corrected chi connectivity index (χ2v) is 7.22. The van der Waals surface area contributed by atoms with Gasteiger partial charge in [-0.05, 0) is 37.3 Å². The highest BCUT2D eigenvalue weighted by molar-refractivity contribution is 5.87. The number of carbonyl (C=O) groups excluding carboxylic acids is 1. The van der Waals surface area contributed by atoms with E-state index in [1.165, 1.54) is 18.2 Å². The van der Waals surface area contributed by atoms with Crippen LogP contribution < -0.4 is 0 Å². The van der Waals surface area contributed by atoms with E-state index in [0.29, 0.717) is 12.5 Å². The molecule has 0 radical (unpaired) electrons. The van der Waals surface area contributed by atoms with Crippen molar-refractivity contribution in [2.24, 2.45) is 0 Å². The van der Waals surface area contributed by atoms with Crippen LogP contribution in [0.2, 0.25) is 0 Å². The van der Waals surface area contributed by atoms with Crippen molar-refractivity contribution >= 4 is 16.7 Å². The van der Waals surface area contributed by atoms with Gasteiger partial charge in [0.2, 0.25) is 5.91 Å². The predicted octanol–water partition coefficient (Wildman–Crippen LogP) is 3.51. The van der Waals surface area contributed by atoms with Gasteiger partial charge in [-0.25, -0.2) is 4.98 Å². The molecular weight excluding hydrogens is 312 g/mol. The number of imidazole rings is 1. The Morgan fingerprint density at radius 1 is 1.16 bits per heavy atom. The highest BCUT2D eigenvalue weighted by Crippen LogP contribution is 2.44. The topological polar surface area (TPSA) is 51.0 Å². The number of pyridine rings is 1. The molecule has 5 nitrogen and oxygen atoms in total. The Labute approximate surface area is 146 Å². The SMILES string of the molecule is CC1C(=O)N(C)Cc2c(-c3ccc4ccncc4c3)nc(C3CC3)n21. The Bertz CT molecular complexity index is 1000. The summed E-state index contributed by atoms with van der Waals surface area (Å²) in [4.78, 5) is 23.5. The van der Waals surface area contributed by atoms with E-state index in [4.69, 9.17) is 4.98 Å². The van der Waals surface area contributed by atoms with Crippen LogP contribution in [0, 0.1) is 0 Å². The number of carbonyl (C=O) groups is 1. The summed E-state index contributed by atoms with van der Waals surface area (Å²) in [5.41, 5.74) is 3.27. The zero-order valence-corrected chi connectivity index (χ0v) is 14.4. The second kappa shape index (κ2) is 5.15. The van der Waals surface area contributed by atoms with Gasteiger partial charge in [0.25, 0.3) is 0 Å². The van der Waals surface area contributed by atoms with Gasteiger partial charge in [-0.15, -0.1) is 0 Å². The summed E-state index contributed by atoms with van der Waals surface area (Å²) in [5.74, 6) is 1.76. The Hall–Kier alpha value is -2.69. The minimum atomic E-state index is -0.173. The monoisotopic (exact) mass is 332 g/mol. The molecule has 1 amide bonds. The number of rotatable bonds is 2. The number of benzene rings is 1. The largest absolute Gasteiger partial charge is 0.338 e. The first-order valence-electron chi connectivity index (χ1n) is 8.83. The lowest BCUT2D eigenvalue weighted by molar-refractivity contribution is -0.135. The molecule has 0 saturated heterocycles. The molecule has 1 fully saturated rings. The van der Waals surface area contributed by atoms with Crippen molar-refractivity contribution in [3.8, 4) is 11.3 Å². The maximum absolute atomic E-state index is 12.5. The maximum Gasteiger partial charge on any atom is 0.245 e. The summed E-state index contributed by atoms with van der Waals surface area (Å²) in [6, 6.07) is 8.25. The lowest BCUT2D eigenvalue weighted by atomic mass is 10.0. The molecule has 1 saturated carbocycles. The molecule has 5 rings (SSSR count). The molecule has 5 heteroatoms. The molecular formula is C20H20N4O. The Morgan fingerprint density at radius 2 is 2.00 bits per heavy atom. The van der Waals surface area contributed by atoms with Gasteiger partial charge >= 0.3 is 0 Å². The minimum absolute atomic E-state index is 0.168. The number of fused-ring (bicyclic) bond motifs is 2. The lowest BCUT2D eigenvalue weighted by Gasteiger charge is -2.31. The van der Waals surface area contributed by atoms with Gasteiger partial charge in [-0.1, -0.05) is 12.1 Å². The number of likely N-dealkylation sites (N-methyl/N-ethyl adjacent to an activating group) is 1. The zero-order chi connectivity index (χ0) is 17.1. The highest BCUT2D eigenvalue weighted by Gasteiger charge is 2.38. The van der Waals surface area contributed by atoms with Crippen LogP contribution in [0.25, 0.3) is 22.0 Å². The van der Waals surface area contributed by atoms with Gasteiger partial charge in [-0.3, -0.25) is 9.78 Å². The van der Waals surface area contributed by atoms with E-state index in [-0.39, 0.29) is 11.9 Å². The fraction of sp³-hybridized carbons (Fsp3) is 0.350. The zero-order valence-electron chi connectivity index (χ0n) is 14.4. The van der Waals surface area contributed by atoms with Crippen LogP contribution in [0.5, 0.6) is 0 Å². The second-order valence-electron chi connectivity index (χ2n) is 7.22. The number of hydrogen-bond acceptors (Lipinski definition) is 3. The molecule has 25 heavy (non-hydrogen) atoms. The van der Waals surface area contributed by atoms with Crippen molar-refractivity contribution in [2.45, 2.75) is 38.3 Å². The van der Waals surface area contributed by atoms with Crippen LogP contribution in [0.4, 0.5) is 0 Å². The van der Waals surface area contributed by atoms with Crippen molar-refractivity contribution < 1.29 is 4.79 Å². The molecule has 1 atom stereocenters. The summed E-state index contributed by atoms with van der Waals surface area (Å²) in [6.45, 7) is 2.60. The van der Waals surface area contributed by atoms with Crippen LogP contribution in [0.1, 0.15) is 43.2 Å². The quantitative estimate of drug-likeness (QED) is 0.721. The summed E-state index contributed by atoms with van der Waals surface area (Å²) in [6.07, 6.45) is 6.05. The van der Waals surface area contributed by atoms with E-state index in [0.717, 1.165) is 28.2 Å². The van der Waals surface area contributed by atoms with Crippen molar-refractivity contribution in [3.05, 3.63) is 48.2 Å². The third-order valence-corrected chi connectivity index (χ3v) is 5.40. The van der Waals surface area contributed by atoms with E-state index in [2.05, 4.69) is 27.8 Å². The molecule has 1 aromatic carbocycles. The highest BCUT2D eigenvalue weighted by atomic mass is 16.2. The third-order valence-electron chi connectivity index (χ3n) is 5.40. The Morgan fingerprint density at radius 3 is 2.80 bits per heavy atom. The normalized spacial score (nSPS) is 20.2. The molecule has 1 unspecified atom stereocenters. The molecule has 3 aromatic rings.